The van der Waals surface area contributed by atoms with Gasteiger partial charge in [-0.2, -0.15) is 0 Å². The van der Waals surface area contributed by atoms with Gasteiger partial charge in [-0.15, -0.1) is 0 Å². The predicted molar refractivity (Wildman–Crippen MR) is 45.5 cm³/mol. The van der Waals surface area contributed by atoms with Gasteiger partial charge in [-0.25, -0.2) is 0 Å². The summed E-state index contributed by atoms with van der Waals surface area (Å²) in [5.74, 6) is 0.560. The third-order valence-corrected chi connectivity index (χ3v) is 3.05. The van der Waals surface area contributed by atoms with E-state index in [9.17, 15) is 4.79 Å². The Morgan fingerprint density at radius 1 is 1.58 bits per heavy atom. The van der Waals surface area contributed by atoms with Crippen LogP contribution in [0.15, 0.2) is 0 Å². The van der Waals surface area contributed by atoms with Gasteiger partial charge < -0.3 is 10.6 Å². The van der Waals surface area contributed by atoms with Crippen molar-refractivity contribution in [3.63, 3.8) is 0 Å². The van der Waals surface area contributed by atoms with Gasteiger partial charge in [0.2, 0.25) is 5.91 Å². The van der Waals surface area contributed by atoms with Gasteiger partial charge in [0.1, 0.15) is 5.54 Å². The second-order valence-electron chi connectivity index (χ2n) is 3.69. The fourth-order valence-electron chi connectivity index (χ4n) is 2.14. The van der Waals surface area contributed by atoms with Crippen molar-refractivity contribution in [2.75, 3.05) is 19.8 Å². The van der Waals surface area contributed by atoms with E-state index in [1.807, 2.05) is 0 Å². The fourth-order valence-corrected chi connectivity index (χ4v) is 2.14. The third-order valence-electron chi connectivity index (χ3n) is 3.05. The first-order valence-electron chi connectivity index (χ1n) is 4.50. The Kier molecular flexibility index (Phi) is 1.81. The summed E-state index contributed by atoms with van der Waals surface area (Å²) in [7, 11) is 0. The molecule has 12 heavy (non-hydrogen) atoms. The number of hydrogen-bond acceptors (Lipinski definition) is 3. The minimum Gasteiger partial charge on any atom is -0.342 e. The molecule has 4 heteroatoms. The highest BCUT2D eigenvalue weighted by Gasteiger charge is 2.47. The molecular formula is C8H15N3O. The number of rotatable bonds is 0. The summed E-state index contributed by atoms with van der Waals surface area (Å²) in [6.45, 7) is 4.61. The van der Waals surface area contributed by atoms with Crippen molar-refractivity contribution in [2.24, 2.45) is 5.92 Å². The van der Waals surface area contributed by atoms with E-state index in [1.165, 1.54) is 0 Å². The molecule has 2 aliphatic rings. The van der Waals surface area contributed by atoms with E-state index in [-0.39, 0.29) is 11.4 Å². The Morgan fingerprint density at radius 2 is 2.42 bits per heavy atom. The zero-order valence-corrected chi connectivity index (χ0v) is 7.31. The van der Waals surface area contributed by atoms with Crippen molar-refractivity contribution in [3.05, 3.63) is 0 Å². The number of hydrogen-bond donors (Lipinski definition) is 3. The van der Waals surface area contributed by atoms with Crippen LogP contribution in [0.4, 0.5) is 0 Å². The quantitative estimate of drug-likeness (QED) is 0.437. The van der Waals surface area contributed by atoms with E-state index in [4.69, 9.17) is 0 Å². The first kappa shape index (κ1) is 8.01. The lowest BCUT2D eigenvalue weighted by Crippen LogP contribution is -2.59. The molecule has 0 radical (unpaired) electrons. The molecule has 4 nitrogen and oxygen atoms in total. The van der Waals surface area contributed by atoms with Crippen LogP contribution >= 0.6 is 0 Å². The molecule has 1 unspecified atom stereocenters. The summed E-state index contributed by atoms with van der Waals surface area (Å²) in [4.78, 5) is 11.6. The molecule has 1 amide bonds. The molecular weight excluding hydrogens is 154 g/mol. The first-order valence-corrected chi connectivity index (χ1v) is 4.50. The van der Waals surface area contributed by atoms with E-state index < -0.39 is 0 Å². The average Bonchev–Trinajstić information content (AvgIpc) is 2.41. The maximum Gasteiger partial charge on any atom is 0.241 e. The zero-order chi connectivity index (χ0) is 8.60. The fraction of sp³-hybridized carbons (Fsp3) is 0.875. The van der Waals surface area contributed by atoms with Crippen LogP contribution in [0.3, 0.4) is 0 Å². The number of carbonyl (C=O) groups excluding carboxylic acids is 1. The van der Waals surface area contributed by atoms with Crippen molar-refractivity contribution >= 4 is 5.91 Å². The number of nitrogens with one attached hydrogen (secondary N) is 3. The molecule has 2 saturated heterocycles. The molecule has 0 aliphatic carbocycles. The standard InChI is InChI=1S/C8H15N3O/c1-6-4-9-3-2-8(6)7(12)10-5-11-8/h6,9,11H,2-5H2,1H3,(H,10,12)/t6-,8?/m1/s1. The van der Waals surface area contributed by atoms with E-state index >= 15 is 0 Å². The van der Waals surface area contributed by atoms with Gasteiger partial charge in [-0.1, -0.05) is 6.92 Å². The van der Waals surface area contributed by atoms with Gasteiger partial charge in [0.15, 0.2) is 0 Å². The summed E-state index contributed by atoms with van der Waals surface area (Å²) in [6.07, 6.45) is 0.903. The van der Waals surface area contributed by atoms with Gasteiger partial charge in [-0.05, 0) is 25.4 Å². The lowest BCUT2D eigenvalue weighted by molar-refractivity contribution is -0.126. The molecule has 2 aliphatic heterocycles. The predicted octanol–water partition coefficient (Wildman–Crippen LogP) is -0.968. The van der Waals surface area contributed by atoms with Crippen molar-refractivity contribution in [3.8, 4) is 0 Å². The Hall–Kier alpha value is -0.610. The second-order valence-corrected chi connectivity index (χ2v) is 3.69. The molecule has 0 aromatic heterocycles. The minimum absolute atomic E-state index is 0.177. The van der Waals surface area contributed by atoms with Crippen molar-refractivity contribution < 1.29 is 4.79 Å². The van der Waals surface area contributed by atoms with E-state index in [1.54, 1.807) is 0 Å². The zero-order valence-electron chi connectivity index (χ0n) is 7.31. The third kappa shape index (κ3) is 0.949. The van der Waals surface area contributed by atoms with Crippen molar-refractivity contribution in [1.29, 1.82) is 0 Å². The van der Waals surface area contributed by atoms with Gasteiger partial charge in [0.05, 0.1) is 6.67 Å². The second kappa shape index (κ2) is 2.71. The van der Waals surface area contributed by atoms with Gasteiger partial charge in [-0.3, -0.25) is 10.1 Å². The van der Waals surface area contributed by atoms with Crippen molar-refractivity contribution in [2.45, 2.75) is 18.9 Å². The Bertz CT molecular complexity index is 206. The number of piperidine rings is 1. The lowest BCUT2D eigenvalue weighted by Gasteiger charge is -2.37. The largest absolute Gasteiger partial charge is 0.342 e. The number of carbonyl (C=O) groups is 1. The molecule has 1 spiro atoms. The maximum absolute atomic E-state index is 11.6. The van der Waals surface area contributed by atoms with Crippen LogP contribution in [0.1, 0.15) is 13.3 Å². The van der Waals surface area contributed by atoms with E-state index in [0.29, 0.717) is 12.6 Å². The molecule has 0 bridgehead atoms. The van der Waals surface area contributed by atoms with Crippen LogP contribution in [-0.4, -0.2) is 31.2 Å². The molecule has 2 rings (SSSR count). The molecule has 2 heterocycles. The highest BCUT2D eigenvalue weighted by atomic mass is 16.2. The van der Waals surface area contributed by atoms with Crippen molar-refractivity contribution in [1.82, 2.24) is 16.0 Å². The molecule has 68 valence electrons. The van der Waals surface area contributed by atoms with Crippen LogP contribution in [-0.2, 0) is 4.79 Å². The highest BCUT2D eigenvalue weighted by Crippen LogP contribution is 2.26. The van der Waals surface area contributed by atoms with Crippen LogP contribution in [0.2, 0.25) is 0 Å². The Morgan fingerprint density at radius 3 is 3.00 bits per heavy atom. The summed E-state index contributed by atoms with van der Waals surface area (Å²) in [6, 6.07) is 0. The van der Waals surface area contributed by atoms with Gasteiger partial charge in [0.25, 0.3) is 0 Å². The minimum atomic E-state index is -0.273. The molecule has 2 fully saturated rings. The summed E-state index contributed by atoms with van der Waals surface area (Å²) >= 11 is 0. The molecule has 0 aromatic rings. The van der Waals surface area contributed by atoms with E-state index in [2.05, 4.69) is 22.9 Å². The molecule has 3 N–H and O–H groups in total. The summed E-state index contributed by atoms with van der Waals surface area (Å²) < 4.78 is 0. The smallest absolute Gasteiger partial charge is 0.241 e. The topological polar surface area (TPSA) is 53.2 Å². The Labute approximate surface area is 72.1 Å². The highest BCUT2D eigenvalue weighted by molar-refractivity contribution is 5.88. The molecule has 2 atom stereocenters. The SMILES string of the molecule is C[C@@H]1CNCCC12NCNC2=O. The van der Waals surface area contributed by atoms with Crippen LogP contribution in [0.5, 0.6) is 0 Å². The monoisotopic (exact) mass is 169 g/mol. The van der Waals surface area contributed by atoms with Crippen LogP contribution in [0, 0.1) is 5.92 Å². The molecule has 0 saturated carbocycles. The Balaban J connectivity index is 2.21. The first-order chi connectivity index (χ1) is 5.76. The van der Waals surface area contributed by atoms with Crippen LogP contribution in [0.25, 0.3) is 0 Å². The maximum atomic E-state index is 11.6. The number of amides is 1. The normalized spacial score (nSPS) is 41.8. The van der Waals surface area contributed by atoms with Gasteiger partial charge >= 0.3 is 0 Å². The average molecular weight is 169 g/mol. The van der Waals surface area contributed by atoms with Crippen LogP contribution < -0.4 is 16.0 Å². The van der Waals surface area contributed by atoms with E-state index in [0.717, 1.165) is 19.5 Å². The van der Waals surface area contributed by atoms with Gasteiger partial charge in [0, 0.05) is 0 Å². The summed E-state index contributed by atoms with van der Waals surface area (Å²) in [5, 5.41) is 9.39. The lowest BCUT2D eigenvalue weighted by atomic mass is 9.80. The summed E-state index contributed by atoms with van der Waals surface area (Å²) in [5.41, 5.74) is -0.273. The molecule has 0 aromatic carbocycles.